The predicted molar refractivity (Wildman–Crippen MR) is 122 cm³/mol. The van der Waals surface area contributed by atoms with Gasteiger partial charge in [0.15, 0.2) is 11.2 Å². The molecule has 8 heteroatoms. The third kappa shape index (κ3) is 3.77. The molecule has 2 heterocycles. The van der Waals surface area contributed by atoms with Crippen LogP contribution < -0.4 is 16.0 Å². The van der Waals surface area contributed by atoms with Gasteiger partial charge in [0.05, 0.1) is 25.7 Å². The maximum Gasteiger partial charge on any atom is 0.337 e. The van der Waals surface area contributed by atoms with Crippen LogP contribution in [0.15, 0.2) is 64.4 Å². The molecule has 2 aromatic carbocycles. The lowest BCUT2D eigenvalue weighted by molar-refractivity contribution is 0.411. The van der Waals surface area contributed by atoms with Crippen molar-refractivity contribution >= 4 is 22.8 Å². The van der Waals surface area contributed by atoms with Crippen molar-refractivity contribution in [1.82, 2.24) is 18.7 Å². The normalized spacial score (nSPS) is 11.4. The van der Waals surface area contributed by atoms with Crippen LogP contribution in [0.25, 0.3) is 16.9 Å². The first-order valence-corrected chi connectivity index (χ1v) is 10.4. The molecule has 0 radical (unpaired) electrons. The van der Waals surface area contributed by atoms with E-state index in [0.717, 1.165) is 5.56 Å². The number of hydrogen-bond acceptors (Lipinski definition) is 4. The molecule has 160 valence electrons. The number of benzene rings is 2. The summed E-state index contributed by atoms with van der Waals surface area (Å²) < 4.78 is 9.92. The van der Waals surface area contributed by atoms with E-state index in [9.17, 15) is 9.59 Å². The van der Waals surface area contributed by atoms with Crippen LogP contribution in [-0.2, 0) is 13.1 Å². The molecule has 0 amide bonds. The van der Waals surface area contributed by atoms with Crippen LogP contribution in [0.5, 0.6) is 5.75 Å². The summed E-state index contributed by atoms with van der Waals surface area (Å²) in [5.74, 6) is 0.621. The van der Waals surface area contributed by atoms with Gasteiger partial charge < -0.3 is 9.30 Å². The highest BCUT2D eigenvalue weighted by Crippen LogP contribution is 2.24. The molecule has 0 atom stereocenters. The third-order valence-electron chi connectivity index (χ3n) is 5.07. The van der Waals surface area contributed by atoms with E-state index < -0.39 is 5.69 Å². The zero-order valence-electron chi connectivity index (χ0n) is 17.6. The number of halogens is 1. The number of para-hydroxylation sites is 2. The van der Waals surface area contributed by atoms with E-state index in [1.807, 2.05) is 44.2 Å². The summed E-state index contributed by atoms with van der Waals surface area (Å²) in [5.41, 5.74) is 1.19. The van der Waals surface area contributed by atoms with Crippen LogP contribution in [0.1, 0.15) is 19.4 Å². The molecular weight excluding hydrogens is 416 g/mol. The summed E-state index contributed by atoms with van der Waals surface area (Å²) in [6.45, 7) is 4.58. The Morgan fingerprint density at radius 3 is 2.48 bits per heavy atom. The van der Waals surface area contributed by atoms with Crippen molar-refractivity contribution in [3.8, 4) is 11.4 Å². The number of rotatable bonds is 6. The Kier molecular flexibility index (Phi) is 5.69. The smallest absolute Gasteiger partial charge is 0.337 e. The molecule has 0 aliphatic rings. The highest BCUT2D eigenvalue weighted by Gasteiger charge is 2.21. The van der Waals surface area contributed by atoms with E-state index in [1.54, 1.807) is 36.2 Å². The average molecular weight is 439 g/mol. The largest absolute Gasteiger partial charge is 0.495 e. The van der Waals surface area contributed by atoms with Crippen molar-refractivity contribution in [2.45, 2.75) is 26.9 Å². The zero-order valence-corrected chi connectivity index (χ0v) is 18.3. The Bertz CT molecular complexity index is 1370. The molecule has 7 nitrogen and oxygen atoms in total. The fourth-order valence-electron chi connectivity index (χ4n) is 3.67. The lowest BCUT2D eigenvalue weighted by Crippen LogP contribution is -2.41. The fourth-order valence-corrected chi connectivity index (χ4v) is 3.86. The predicted octanol–water partition coefficient (Wildman–Crippen LogP) is 3.72. The molecule has 0 saturated heterocycles. The van der Waals surface area contributed by atoms with Crippen molar-refractivity contribution in [3.63, 3.8) is 0 Å². The highest BCUT2D eigenvalue weighted by molar-refractivity contribution is 6.31. The second-order valence-corrected chi connectivity index (χ2v) is 8.14. The first-order valence-electron chi connectivity index (χ1n) is 9.99. The summed E-state index contributed by atoms with van der Waals surface area (Å²) in [4.78, 5) is 31.3. The quantitative estimate of drug-likeness (QED) is 0.460. The minimum Gasteiger partial charge on any atom is -0.495 e. The number of nitrogens with zero attached hydrogens (tertiary/aromatic N) is 4. The van der Waals surface area contributed by atoms with Crippen molar-refractivity contribution in [2.24, 2.45) is 5.92 Å². The average Bonchev–Trinajstić information content (AvgIpc) is 3.16. The minimum absolute atomic E-state index is 0.105. The fraction of sp³-hybridized carbons (Fsp3) is 0.261. The SMILES string of the molecule is COc1ccccc1-n1c(=O)n(CC(C)C)c(=O)c2c1ncn2Cc1ccccc1Cl. The minimum atomic E-state index is -0.446. The van der Waals surface area contributed by atoms with Gasteiger partial charge in [-0.15, -0.1) is 0 Å². The van der Waals surface area contributed by atoms with Gasteiger partial charge >= 0.3 is 5.69 Å². The van der Waals surface area contributed by atoms with Gasteiger partial charge in [0.2, 0.25) is 0 Å². The van der Waals surface area contributed by atoms with Crippen molar-refractivity contribution in [1.29, 1.82) is 0 Å². The van der Waals surface area contributed by atoms with E-state index in [0.29, 0.717) is 35.1 Å². The number of hydrogen-bond donors (Lipinski definition) is 0. The van der Waals surface area contributed by atoms with E-state index in [-0.39, 0.29) is 17.1 Å². The van der Waals surface area contributed by atoms with Crippen molar-refractivity contribution < 1.29 is 4.74 Å². The molecule has 0 saturated carbocycles. The van der Waals surface area contributed by atoms with Gasteiger partial charge in [-0.05, 0) is 29.7 Å². The standard InChI is InChI=1S/C23H23ClN4O3/c1-15(2)12-27-22(29)20-21(25-14-26(20)13-16-8-4-5-9-17(16)24)28(23(27)30)18-10-6-7-11-19(18)31-3/h4-11,14-15H,12-13H2,1-3H3. The Morgan fingerprint density at radius 1 is 1.06 bits per heavy atom. The van der Waals surface area contributed by atoms with Crippen LogP contribution in [0, 0.1) is 5.92 Å². The lowest BCUT2D eigenvalue weighted by Gasteiger charge is -2.16. The monoisotopic (exact) mass is 438 g/mol. The molecule has 4 rings (SSSR count). The lowest BCUT2D eigenvalue weighted by atomic mass is 10.2. The van der Waals surface area contributed by atoms with Gasteiger partial charge in [0.1, 0.15) is 5.75 Å². The number of ether oxygens (including phenoxy) is 1. The summed E-state index contributed by atoms with van der Waals surface area (Å²) in [6, 6.07) is 14.6. The second-order valence-electron chi connectivity index (χ2n) is 7.74. The first kappa shape index (κ1) is 20.9. The van der Waals surface area contributed by atoms with Crippen LogP contribution >= 0.6 is 11.6 Å². The van der Waals surface area contributed by atoms with Crippen LogP contribution in [0.2, 0.25) is 5.02 Å². The molecule has 0 spiro atoms. The highest BCUT2D eigenvalue weighted by atomic mass is 35.5. The van der Waals surface area contributed by atoms with E-state index >= 15 is 0 Å². The molecule has 2 aromatic heterocycles. The number of fused-ring (bicyclic) bond motifs is 1. The van der Waals surface area contributed by atoms with Gasteiger partial charge in [-0.25, -0.2) is 14.3 Å². The zero-order chi connectivity index (χ0) is 22.1. The number of methoxy groups -OCH3 is 1. The summed E-state index contributed by atoms with van der Waals surface area (Å²) >= 11 is 6.34. The maximum atomic E-state index is 13.4. The van der Waals surface area contributed by atoms with Crippen LogP contribution in [-0.4, -0.2) is 25.8 Å². The molecular formula is C23H23ClN4O3. The molecule has 0 unspecified atom stereocenters. The van der Waals surface area contributed by atoms with Crippen LogP contribution in [0.3, 0.4) is 0 Å². The van der Waals surface area contributed by atoms with Gasteiger partial charge in [-0.2, -0.15) is 0 Å². The molecule has 0 bridgehead atoms. The Hall–Kier alpha value is -3.32. The summed E-state index contributed by atoms with van der Waals surface area (Å²) in [6.07, 6.45) is 1.57. The third-order valence-corrected chi connectivity index (χ3v) is 5.44. The van der Waals surface area contributed by atoms with Crippen molar-refractivity contribution in [2.75, 3.05) is 7.11 Å². The Balaban J connectivity index is 2.04. The molecule has 0 fully saturated rings. The van der Waals surface area contributed by atoms with E-state index in [2.05, 4.69) is 4.98 Å². The van der Waals surface area contributed by atoms with Gasteiger partial charge in [0.25, 0.3) is 5.56 Å². The van der Waals surface area contributed by atoms with E-state index in [4.69, 9.17) is 16.3 Å². The maximum absolute atomic E-state index is 13.4. The molecule has 4 aromatic rings. The topological polar surface area (TPSA) is 71.1 Å². The van der Waals surface area contributed by atoms with Crippen LogP contribution in [0.4, 0.5) is 0 Å². The summed E-state index contributed by atoms with van der Waals surface area (Å²) in [5, 5.41) is 0.602. The number of aromatic nitrogens is 4. The first-order chi connectivity index (χ1) is 14.9. The van der Waals surface area contributed by atoms with Gasteiger partial charge in [0, 0.05) is 11.6 Å². The van der Waals surface area contributed by atoms with E-state index in [1.165, 1.54) is 9.13 Å². The molecule has 31 heavy (non-hydrogen) atoms. The Labute approximate surface area is 184 Å². The number of imidazole rings is 1. The van der Waals surface area contributed by atoms with Gasteiger partial charge in [-0.3, -0.25) is 9.36 Å². The Morgan fingerprint density at radius 2 is 1.77 bits per heavy atom. The van der Waals surface area contributed by atoms with Gasteiger partial charge in [-0.1, -0.05) is 55.8 Å². The summed E-state index contributed by atoms with van der Waals surface area (Å²) in [7, 11) is 1.54. The van der Waals surface area contributed by atoms with Crippen molar-refractivity contribution in [3.05, 3.63) is 86.3 Å². The molecule has 0 aliphatic heterocycles. The second kappa shape index (κ2) is 8.43. The molecule has 0 N–H and O–H groups in total. The molecule has 0 aliphatic carbocycles.